The largest absolute Gasteiger partial charge is 3.00 e. The molecule has 0 rings (SSSR count). The molecule has 0 aromatic heterocycles. The Morgan fingerprint density at radius 1 is 0.889 bits per heavy atom. The fourth-order valence-corrected chi connectivity index (χ4v) is 0.612. The molecule has 0 saturated heterocycles. The topological polar surface area (TPSA) is 0 Å². The Labute approximate surface area is 91.3 Å². The van der Waals surface area contributed by atoms with Crippen molar-refractivity contribution >= 4 is 29.1 Å². The van der Waals surface area contributed by atoms with Gasteiger partial charge in [0.15, 0.2) is 0 Å². The van der Waals surface area contributed by atoms with Gasteiger partial charge in [-0.15, -0.1) is 0 Å². The van der Waals surface area contributed by atoms with Crippen molar-refractivity contribution < 1.29 is 37.2 Å². The Morgan fingerprint density at radius 3 is 1.11 bits per heavy atom. The zero-order valence-electron chi connectivity index (χ0n) is 5.53. The first-order valence-corrected chi connectivity index (χ1v) is 3.15. The Balaban J connectivity index is -0.0000000133. The molecule has 0 unspecified atom stereocenters. The SMILES string of the molecule is CCSCC.[Al+3].[Cl-].[Cl-].[Cl-]. The van der Waals surface area contributed by atoms with Crippen molar-refractivity contribution in [3.05, 3.63) is 0 Å². The van der Waals surface area contributed by atoms with Crippen LogP contribution in [0.1, 0.15) is 13.8 Å². The van der Waals surface area contributed by atoms with E-state index < -0.39 is 0 Å². The smallest absolute Gasteiger partial charge is 1.00 e. The molecule has 0 nitrogen and oxygen atoms in total. The van der Waals surface area contributed by atoms with E-state index in [2.05, 4.69) is 13.8 Å². The van der Waals surface area contributed by atoms with E-state index in [1.165, 1.54) is 11.5 Å². The molecule has 0 aromatic rings. The molecule has 0 heterocycles. The van der Waals surface area contributed by atoms with Gasteiger partial charge in [-0.05, 0) is 11.5 Å². The van der Waals surface area contributed by atoms with Gasteiger partial charge < -0.3 is 37.2 Å². The van der Waals surface area contributed by atoms with E-state index in [0.717, 1.165) is 0 Å². The molecule has 56 valence electrons. The van der Waals surface area contributed by atoms with Crippen molar-refractivity contribution in [3.63, 3.8) is 0 Å². The number of halogens is 3. The van der Waals surface area contributed by atoms with Crippen molar-refractivity contribution in [2.24, 2.45) is 0 Å². The first-order valence-electron chi connectivity index (χ1n) is 1.99. The zero-order valence-corrected chi connectivity index (χ0v) is 9.77. The van der Waals surface area contributed by atoms with Gasteiger partial charge in [0, 0.05) is 0 Å². The van der Waals surface area contributed by atoms with Gasteiger partial charge >= 0.3 is 17.4 Å². The summed E-state index contributed by atoms with van der Waals surface area (Å²) < 4.78 is 0. The maximum atomic E-state index is 2.17. The van der Waals surface area contributed by atoms with E-state index in [-0.39, 0.29) is 54.6 Å². The molecule has 0 aromatic carbocycles. The standard InChI is InChI=1S/C4H10S.Al.3ClH/c1-3-5-4-2;;;;/h3-4H2,1-2H3;;3*1H/q;+3;;;/p-3. The fraction of sp³-hybridized carbons (Fsp3) is 1.00. The van der Waals surface area contributed by atoms with E-state index in [9.17, 15) is 0 Å². The van der Waals surface area contributed by atoms with Crippen LogP contribution in [-0.2, 0) is 0 Å². The number of rotatable bonds is 2. The van der Waals surface area contributed by atoms with Crippen LogP contribution in [0, 0.1) is 0 Å². The molecule has 5 heteroatoms. The second-order valence-corrected chi connectivity index (χ2v) is 2.34. The summed E-state index contributed by atoms with van der Waals surface area (Å²) in [7, 11) is 0. The number of hydrogen-bond acceptors (Lipinski definition) is 1. The number of hydrogen-bond donors (Lipinski definition) is 0. The molecule has 9 heavy (non-hydrogen) atoms. The van der Waals surface area contributed by atoms with Crippen LogP contribution < -0.4 is 37.2 Å². The van der Waals surface area contributed by atoms with Crippen LogP contribution in [-0.4, -0.2) is 28.9 Å². The van der Waals surface area contributed by atoms with Gasteiger partial charge in [-0.1, -0.05) is 13.8 Å². The van der Waals surface area contributed by atoms with Crippen LogP contribution in [0.25, 0.3) is 0 Å². The molecule has 0 atom stereocenters. The van der Waals surface area contributed by atoms with Gasteiger partial charge in [0.2, 0.25) is 0 Å². The molecule has 0 N–H and O–H groups in total. The first-order chi connectivity index (χ1) is 2.41. The van der Waals surface area contributed by atoms with Crippen LogP contribution in [0.4, 0.5) is 0 Å². The minimum atomic E-state index is 0. The summed E-state index contributed by atoms with van der Waals surface area (Å²) in [5, 5.41) is 0. The Kier molecular flexibility index (Phi) is 114. The summed E-state index contributed by atoms with van der Waals surface area (Å²) in [6.45, 7) is 4.35. The van der Waals surface area contributed by atoms with Crippen LogP contribution in [0.3, 0.4) is 0 Å². The average molecular weight is 224 g/mol. The Morgan fingerprint density at radius 2 is 1.11 bits per heavy atom. The molecule has 0 amide bonds. The average Bonchev–Trinajstić information content (AvgIpc) is 1.41. The minimum absolute atomic E-state index is 0. The molecule has 0 radical (unpaired) electrons. The molecular formula is C4H10AlCl3S. The van der Waals surface area contributed by atoms with Crippen LogP contribution in [0.2, 0.25) is 0 Å². The van der Waals surface area contributed by atoms with Crippen LogP contribution >= 0.6 is 11.8 Å². The molecule has 0 aliphatic rings. The summed E-state index contributed by atoms with van der Waals surface area (Å²) in [4.78, 5) is 0. The quantitative estimate of drug-likeness (QED) is 0.419. The first kappa shape index (κ1) is 30.9. The van der Waals surface area contributed by atoms with Crippen molar-refractivity contribution in [3.8, 4) is 0 Å². The monoisotopic (exact) mass is 222 g/mol. The molecular weight excluding hydrogens is 213 g/mol. The van der Waals surface area contributed by atoms with Gasteiger partial charge in [-0.2, -0.15) is 11.8 Å². The third-order valence-corrected chi connectivity index (χ3v) is 1.22. The van der Waals surface area contributed by atoms with E-state index in [0.29, 0.717) is 0 Å². The summed E-state index contributed by atoms with van der Waals surface area (Å²) in [6, 6.07) is 0. The molecule has 0 aliphatic heterocycles. The Bertz CT molecular complexity index is 23.3. The van der Waals surface area contributed by atoms with Crippen molar-refractivity contribution in [2.45, 2.75) is 13.8 Å². The van der Waals surface area contributed by atoms with Gasteiger partial charge in [0.1, 0.15) is 0 Å². The fourth-order valence-electron chi connectivity index (χ4n) is 0.204. The second kappa shape index (κ2) is 33.1. The van der Waals surface area contributed by atoms with E-state index in [4.69, 9.17) is 0 Å². The molecule has 0 bridgehead atoms. The summed E-state index contributed by atoms with van der Waals surface area (Å²) in [6.07, 6.45) is 0. The van der Waals surface area contributed by atoms with Gasteiger partial charge in [0.05, 0.1) is 0 Å². The van der Waals surface area contributed by atoms with Crippen molar-refractivity contribution in [2.75, 3.05) is 11.5 Å². The predicted octanol–water partition coefficient (Wildman–Crippen LogP) is -7.61. The Hall–Kier alpha value is 1.75. The summed E-state index contributed by atoms with van der Waals surface area (Å²) in [5.74, 6) is 2.52. The van der Waals surface area contributed by atoms with E-state index >= 15 is 0 Å². The third kappa shape index (κ3) is 41.6. The van der Waals surface area contributed by atoms with Gasteiger partial charge in [-0.3, -0.25) is 0 Å². The van der Waals surface area contributed by atoms with Crippen molar-refractivity contribution in [1.29, 1.82) is 0 Å². The normalized spacial score (nSPS) is 4.67. The summed E-state index contributed by atoms with van der Waals surface area (Å²) in [5.41, 5.74) is 0. The van der Waals surface area contributed by atoms with Crippen LogP contribution in [0.15, 0.2) is 0 Å². The molecule has 0 aliphatic carbocycles. The van der Waals surface area contributed by atoms with Gasteiger partial charge in [0.25, 0.3) is 0 Å². The van der Waals surface area contributed by atoms with E-state index in [1.807, 2.05) is 11.8 Å². The summed E-state index contributed by atoms with van der Waals surface area (Å²) >= 11 is 1.96. The minimum Gasteiger partial charge on any atom is -1.00 e. The second-order valence-electron chi connectivity index (χ2n) is 0.781. The maximum Gasteiger partial charge on any atom is 3.00 e. The van der Waals surface area contributed by atoms with E-state index in [1.54, 1.807) is 0 Å². The molecule has 0 spiro atoms. The molecule has 0 saturated carbocycles. The van der Waals surface area contributed by atoms with Crippen molar-refractivity contribution in [1.82, 2.24) is 0 Å². The molecule has 0 fully saturated rings. The van der Waals surface area contributed by atoms with Crippen LogP contribution in [0.5, 0.6) is 0 Å². The zero-order chi connectivity index (χ0) is 4.12. The maximum absolute atomic E-state index is 2.17. The van der Waals surface area contributed by atoms with Gasteiger partial charge in [-0.25, -0.2) is 0 Å². The number of thioether (sulfide) groups is 1. The third-order valence-electron chi connectivity index (χ3n) is 0.408. The predicted molar refractivity (Wildman–Crippen MR) is 34.4 cm³/mol.